The third kappa shape index (κ3) is 7.00. The van der Waals surface area contributed by atoms with Crippen LogP contribution < -0.4 is 15.0 Å². The Morgan fingerprint density at radius 1 is 1.04 bits per heavy atom. The molecule has 1 aromatic heterocycles. The van der Waals surface area contributed by atoms with Crippen LogP contribution in [-0.4, -0.2) is 89.6 Å². The summed E-state index contributed by atoms with van der Waals surface area (Å²) in [4.78, 5) is 53.1. The molecule has 0 radical (unpaired) electrons. The van der Waals surface area contributed by atoms with Crippen LogP contribution in [0.1, 0.15) is 27.0 Å². The quantitative estimate of drug-likeness (QED) is 0.191. The number of carboxylic acids is 1. The van der Waals surface area contributed by atoms with Gasteiger partial charge in [0.05, 0.1) is 29.3 Å². The zero-order valence-electron chi connectivity index (χ0n) is 26.9. The van der Waals surface area contributed by atoms with Crippen LogP contribution in [0.4, 0.5) is 14.9 Å². The lowest BCUT2D eigenvalue weighted by Gasteiger charge is -2.38. The second kappa shape index (κ2) is 14.3. The number of nitrogens with one attached hydrogen (secondary N) is 1. The number of rotatable bonds is 9. The van der Waals surface area contributed by atoms with Gasteiger partial charge in [-0.3, -0.25) is 14.8 Å². The van der Waals surface area contributed by atoms with Gasteiger partial charge < -0.3 is 24.8 Å². The number of hydrogen-bond donors (Lipinski definition) is 2. The maximum Gasteiger partial charge on any atom is 0.338 e. The van der Waals surface area contributed by atoms with Gasteiger partial charge in [-0.2, -0.15) is 0 Å². The highest BCUT2D eigenvalue weighted by Crippen LogP contribution is 2.37. The van der Waals surface area contributed by atoms with Crippen molar-refractivity contribution in [3.05, 3.63) is 116 Å². The van der Waals surface area contributed by atoms with Crippen LogP contribution in [-0.2, 0) is 9.53 Å². The van der Waals surface area contributed by atoms with Crippen molar-refractivity contribution >= 4 is 64.0 Å². The maximum absolute atomic E-state index is 14.0. The SMILES string of the molecule is COC(=O)C1=C(CN2CCN3C(=O)N(c4ccc(Oc5ccc(C(=O)O)c(Cl)c5)cc4)C[C@@H]3C2)NC(c2nccs2)=N[C@H]1c1ccc(F)cc1Cl. The molecule has 2 atom stereocenters. The third-order valence-electron chi connectivity index (χ3n) is 8.80. The molecule has 3 aliphatic rings. The third-order valence-corrected chi connectivity index (χ3v) is 10.2. The molecular formula is C35H29Cl2FN6O6S. The minimum absolute atomic E-state index is 0.0223. The lowest BCUT2D eigenvalue weighted by molar-refractivity contribution is -0.136. The number of anilines is 1. The van der Waals surface area contributed by atoms with Crippen LogP contribution in [0, 0.1) is 5.82 Å². The summed E-state index contributed by atoms with van der Waals surface area (Å²) in [6.45, 7) is 2.29. The molecule has 0 spiro atoms. The number of aromatic nitrogens is 1. The number of carboxylic acid groups (broad SMARTS) is 1. The van der Waals surface area contributed by atoms with E-state index < -0.39 is 23.8 Å². The Kier molecular flexibility index (Phi) is 9.66. The molecule has 0 aliphatic carbocycles. The Morgan fingerprint density at radius 2 is 1.82 bits per heavy atom. The predicted octanol–water partition coefficient (Wildman–Crippen LogP) is 6.22. The Labute approximate surface area is 305 Å². The molecule has 2 saturated heterocycles. The maximum atomic E-state index is 14.0. The van der Waals surface area contributed by atoms with E-state index in [1.54, 1.807) is 35.4 Å². The Bertz CT molecular complexity index is 2080. The molecule has 4 aromatic rings. The summed E-state index contributed by atoms with van der Waals surface area (Å²) in [6, 6.07) is 14.2. The Hall–Kier alpha value is -5.02. The molecule has 0 unspecified atom stereocenters. The van der Waals surface area contributed by atoms with Gasteiger partial charge >= 0.3 is 18.0 Å². The van der Waals surface area contributed by atoms with Gasteiger partial charge in [0, 0.05) is 72.3 Å². The number of hydrogen-bond acceptors (Lipinski definition) is 10. The molecule has 12 nitrogen and oxygen atoms in total. The van der Waals surface area contributed by atoms with Crippen molar-refractivity contribution in [2.75, 3.05) is 44.7 Å². The van der Waals surface area contributed by atoms with Gasteiger partial charge in [-0.1, -0.05) is 29.3 Å². The first kappa shape index (κ1) is 34.4. The number of fused-ring (bicyclic) bond motifs is 1. The number of benzene rings is 3. The van der Waals surface area contributed by atoms with Gasteiger partial charge in [0.15, 0.2) is 10.8 Å². The molecule has 3 aliphatic heterocycles. The van der Waals surface area contributed by atoms with E-state index in [9.17, 15) is 23.9 Å². The van der Waals surface area contributed by atoms with Gasteiger partial charge in [-0.25, -0.2) is 23.8 Å². The lowest BCUT2D eigenvalue weighted by Crippen LogP contribution is -2.53. The fourth-order valence-corrected chi connectivity index (χ4v) is 7.50. The number of urea groups is 1. The largest absolute Gasteiger partial charge is 0.478 e. The van der Waals surface area contributed by atoms with Gasteiger partial charge in [-0.15, -0.1) is 11.3 Å². The molecular weight excluding hydrogens is 722 g/mol. The highest BCUT2D eigenvalue weighted by atomic mass is 35.5. The van der Waals surface area contributed by atoms with Crippen molar-refractivity contribution in [3.8, 4) is 11.5 Å². The normalized spacial score (nSPS) is 19.1. The number of amidine groups is 1. The predicted molar refractivity (Wildman–Crippen MR) is 190 cm³/mol. The minimum Gasteiger partial charge on any atom is -0.478 e. The number of methoxy groups -OCH3 is 1. The number of nitrogens with zero attached hydrogens (tertiary/aromatic N) is 5. The molecule has 16 heteroatoms. The first-order valence-electron chi connectivity index (χ1n) is 15.7. The van der Waals surface area contributed by atoms with Gasteiger partial charge in [0.1, 0.15) is 23.4 Å². The van der Waals surface area contributed by atoms with E-state index in [1.807, 2.05) is 10.3 Å². The van der Waals surface area contributed by atoms with E-state index in [0.29, 0.717) is 72.0 Å². The highest BCUT2D eigenvalue weighted by Gasteiger charge is 2.42. The lowest BCUT2D eigenvalue weighted by atomic mass is 9.95. The average Bonchev–Trinajstić information content (AvgIpc) is 3.76. The second-order valence-electron chi connectivity index (χ2n) is 11.9. The molecule has 2 amide bonds. The molecule has 7 rings (SSSR count). The van der Waals surface area contributed by atoms with Crippen LogP contribution in [0.5, 0.6) is 11.5 Å². The fourth-order valence-electron chi connectivity index (χ4n) is 6.39. The zero-order valence-corrected chi connectivity index (χ0v) is 29.2. The minimum atomic E-state index is -1.13. The number of halogens is 3. The van der Waals surface area contributed by atoms with Crippen molar-refractivity contribution in [2.24, 2.45) is 4.99 Å². The van der Waals surface area contributed by atoms with E-state index in [1.165, 1.54) is 54.8 Å². The first-order chi connectivity index (χ1) is 24.6. The summed E-state index contributed by atoms with van der Waals surface area (Å²) in [5.41, 5.74) is 1.92. The highest BCUT2D eigenvalue weighted by molar-refractivity contribution is 7.11. The van der Waals surface area contributed by atoms with Crippen molar-refractivity contribution in [1.82, 2.24) is 20.1 Å². The van der Waals surface area contributed by atoms with Crippen molar-refractivity contribution in [1.29, 1.82) is 0 Å². The van der Waals surface area contributed by atoms with E-state index in [-0.39, 0.29) is 33.3 Å². The smallest absolute Gasteiger partial charge is 0.338 e. The number of ether oxygens (including phenoxy) is 2. The fraction of sp³-hybridized carbons (Fsp3) is 0.229. The van der Waals surface area contributed by atoms with E-state index in [0.717, 1.165) is 0 Å². The number of amides is 2. The van der Waals surface area contributed by atoms with Crippen LogP contribution in [0.3, 0.4) is 0 Å². The number of aliphatic imine (C=N–C) groups is 1. The molecule has 0 saturated carbocycles. The van der Waals surface area contributed by atoms with Gasteiger partial charge in [0.2, 0.25) is 0 Å². The topological polar surface area (TPSA) is 137 Å². The molecule has 2 N–H and O–H groups in total. The van der Waals surface area contributed by atoms with Crippen LogP contribution in [0.2, 0.25) is 10.0 Å². The Balaban J connectivity index is 1.09. The molecule has 51 heavy (non-hydrogen) atoms. The van der Waals surface area contributed by atoms with Gasteiger partial charge in [0.25, 0.3) is 0 Å². The number of piperazine rings is 1. The summed E-state index contributed by atoms with van der Waals surface area (Å²) in [5.74, 6) is -0.921. The number of carbonyl (C=O) groups excluding carboxylic acids is 2. The summed E-state index contributed by atoms with van der Waals surface area (Å²) in [6.07, 6.45) is 1.66. The van der Waals surface area contributed by atoms with E-state index in [4.69, 9.17) is 37.7 Å². The molecule has 3 aromatic carbocycles. The molecule has 4 heterocycles. The average molecular weight is 752 g/mol. The monoisotopic (exact) mass is 750 g/mol. The standard InChI is InChI=1S/C35H29Cl2FN6O6S/c1-49-34(47)29-28(40-31(32-39-10-13-51-32)41-30(29)24-8-2-19(38)14-26(24)36)18-42-11-12-43-21(16-42)17-44(35(43)48)20-3-5-22(6-4-20)50-23-7-9-25(33(45)46)27(37)15-23/h2-10,13-15,21,30H,11-12,16-18H2,1H3,(H,40,41)(H,45,46)/t21-,30-/m0/s1. The van der Waals surface area contributed by atoms with Crippen LogP contribution >= 0.6 is 34.5 Å². The summed E-state index contributed by atoms with van der Waals surface area (Å²) in [7, 11) is 1.29. The second-order valence-corrected chi connectivity index (χ2v) is 13.6. The number of thiazole rings is 1. The first-order valence-corrected chi connectivity index (χ1v) is 17.4. The van der Waals surface area contributed by atoms with Crippen molar-refractivity contribution < 1.29 is 33.4 Å². The zero-order chi connectivity index (χ0) is 35.8. The summed E-state index contributed by atoms with van der Waals surface area (Å²) < 4.78 is 25.1. The number of aromatic carboxylic acids is 1. The van der Waals surface area contributed by atoms with Gasteiger partial charge in [-0.05, 0) is 48.5 Å². The van der Waals surface area contributed by atoms with Crippen LogP contribution in [0.15, 0.2) is 88.5 Å². The molecule has 262 valence electrons. The number of esters is 1. The van der Waals surface area contributed by atoms with Crippen molar-refractivity contribution in [3.63, 3.8) is 0 Å². The summed E-state index contributed by atoms with van der Waals surface area (Å²) in [5, 5.41) is 15.1. The summed E-state index contributed by atoms with van der Waals surface area (Å²) >= 11 is 13.9. The molecule has 0 bridgehead atoms. The van der Waals surface area contributed by atoms with Crippen molar-refractivity contribution in [2.45, 2.75) is 12.1 Å². The number of carbonyl (C=O) groups is 3. The molecule has 2 fully saturated rings. The Morgan fingerprint density at radius 3 is 2.51 bits per heavy atom. The van der Waals surface area contributed by atoms with E-state index >= 15 is 0 Å². The van der Waals surface area contributed by atoms with E-state index in [2.05, 4.69) is 15.2 Å². The van der Waals surface area contributed by atoms with Crippen LogP contribution in [0.25, 0.3) is 0 Å².